The average Bonchev–Trinajstić information content (AvgIpc) is 2.22. The van der Waals surface area contributed by atoms with Crippen LogP contribution < -0.4 is 0 Å². The quantitative estimate of drug-likeness (QED) is 0.592. The lowest BCUT2D eigenvalue weighted by atomic mass is 9.74. The predicted octanol–water partition coefficient (Wildman–Crippen LogP) is 4.41. The van der Waals surface area contributed by atoms with Gasteiger partial charge in [-0.25, -0.2) is 0 Å². The van der Waals surface area contributed by atoms with Gasteiger partial charge < -0.3 is 4.74 Å². The van der Waals surface area contributed by atoms with Crippen LogP contribution in [0.5, 0.6) is 0 Å². The van der Waals surface area contributed by atoms with Gasteiger partial charge in [0.25, 0.3) is 0 Å². The Labute approximate surface area is 101 Å². The smallest absolute Gasteiger partial charge is 0.0690 e. The molecule has 0 aromatic rings. The summed E-state index contributed by atoms with van der Waals surface area (Å²) in [6.07, 6.45) is 7.85. The van der Waals surface area contributed by atoms with Gasteiger partial charge in [-0.05, 0) is 55.8 Å². The van der Waals surface area contributed by atoms with Gasteiger partial charge in [0, 0.05) is 6.61 Å². The van der Waals surface area contributed by atoms with Crippen LogP contribution in [0.4, 0.5) is 0 Å². The Morgan fingerprint density at radius 1 is 1.00 bits per heavy atom. The molecule has 0 aromatic carbocycles. The fraction of sp³-hybridized carbons (Fsp3) is 1.00. The Morgan fingerprint density at radius 2 is 1.69 bits per heavy atom. The Kier molecular flexibility index (Phi) is 3.36. The van der Waals surface area contributed by atoms with Crippen molar-refractivity contribution in [1.29, 1.82) is 0 Å². The highest BCUT2D eigenvalue weighted by molar-refractivity contribution is 4.94. The van der Waals surface area contributed by atoms with Crippen molar-refractivity contribution in [3.05, 3.63) is 0 Å². The van der Waals surface area contributed by atoms with Gasteiger partial charge in [-0.3, -0.25) is 0 Å². The Bertz CT molecular complexity index is 246. The first kappa shape index (κ1) is 12.4. The molecular formula is C15H28O. The van der Waals surface area contributed by atoms with Crippen molar-refractivity contribution >= 4 is 0 Å². The van der Waals surface area contributed by atoms with E-state index in [2.05, 4.69) is 27.7 Å². The summed E-state index contributed by atoms with van der Waals surface area (Å²) < 4.78 is 6.24. The molecule has 3 unspecified atom stereocenters. The Balaban J connectivity index is 2.13. The second-order valence-corrected chi connectivity index (χ2v) is 7.32. The van der Waals surface area contributed by atoms with Crippen molar-refractivity contribution in [3.8, 4) is 0 Å². The lowest BCUT2D eigenvalue weighted by Gasteiger charge is -2.43. The van der Waals surface area contributed by atoms with E-state index in [1.165, 1.54) is 38.5 Å². The molecule has 0 N–H and O–H groups in total. The first-order valence-corrected chi connectivity index (χ1v) is 7.05. The van der Waals surface area contributed by atoms with Crippen LogP contribution >= 0.6 is 0 Å². The largest absolute Gasteiger partial charge is 0.375 e. The van der Waals surface area contributed by atoms with Crippen molar-refractivity contribution in [3.63, 3.8) is 0 Å². The molecule has 3 atom stereocenters. The van der Waals surface area contributed by atoms with Crippen LogP contribution in [0.1, 0.15) is 66.2 Å². The van der Waals surface area contributed by atoms with E-state index in [0.717, 1.165) is 18.4 Å². The molecule has 16 heavy (non-hydrogen) atoms. The zero-order valence-corrected chi connectivity index (χ0v) is 11.5. The van der Waals surface area contributed by atoms with E-state index < -0.39 is 0 Å². The maximum absolute atomic E-state index is 6.24. The summed E-state index contributed by atoms with van der Waals surface area (Å²) in [5.74, 6) is 1.73. The average molecular weight is 224 g/mol. The standard InChI is InChI=1S/C15H28O/c1-12-5-7-15(11-14(3,4)9-12)10-13(2)6-8-16-15/h12-13H,5-11H2,1-4H3. The highest BCUT2D eigenvalue weighted by Crippen LogP contribution is 2.47. The molecule has 1 heteroatoms. The highest BCUT2D eigenvalue weighted by Gasteiger charge is 2.43. The number of hydrogen-bond donors (Lipinski definition) is 0. The second kappa shape index (κ2) is 4.33. The van der Waals surface area contributed by atoms with Crippen LogP contribution in [-0.2, 0) is 4.74 Å². The Hall–Kier alpha value is -0.0400. The summed E-state index contributed by atoms with van der Waals surface area (Å²) in [6.45, 7) is 10.7. The van der Waals surface area contributed by atoms with Gasteiger partial charge in [-0.2, -0.15) is 0 Å². The van der Waals surface area contributed by atoms with Gasteiger partial charge in [0.15, 0.2) is 0 Å². The molecule has 1 saturated carbocycles. The lowest BCUT2D eigenvalue weighted by Crippen LogP contribution is -2.41. The normalized spacial score (nSPS) is 44.2. The minimum atomic E-state index is 0.228. The molecule has 0 bridgehead atoms. The van der Waals surface area contributed by atoms with E-state index in [-0.39, 0.29) is 5.60 Å². The summed E-state index contributed by atoms with van der Waals surface area (Å²) in [4.78, 5) is 0. The van der Waals surface area contributed by atoms with E-state index in [9.17, 15) is 0 Å². The van der Waals surface area contributed by atoms with E-state index in [0.29, 0.717) is 5.41 Å². The third-order valence-corrected chi connectivity index (χ3v) is 4.53. The first-order valence-electron chi connectivity index (χ1n) is 7.05. The molecule has 94 valence electrons. The van der Waals surface area contributed by atoms with E-state index in [4.69, 9.17) is 4.74 Å². The molecule has 1 heterocycles. The fourth-order valence-corrected chi connectivity index (χ4v) is 4.16. The molecular weight excluding hydrogens is 196 g/mol. The van der Waals surface area contributed by atoms with Crippen molar-refractivity contribution in [2.75, 3.05) is 6.61 Å². The van der Waals surface area contributed by atoms with Gasteiger partial charge >= 0.3 is 0 Å². The van der Waals surface area contributed by atoms with Gasteiger partial charge in [0.1, 0.15) is 0 Å². The minimum Gasteiger partial charge on any atom is -0.375 e. The maximum Gasteiger partial charge on any atom is 0.0690 e. The number of rotatable bonds is 0. The summed E-state index contributed by atoms with van der Waals surface area (Å²) in [5.41, 5.74) is 0.693. The van der Waals surface area contributed by atoms with Crippen molar-refractivity contribution in [2.24, 2.45) is 17.3 Å². The van der Waals surface area contributed by atoms with E-state index in [1.54, 1.807) is 0 Å². The molecule has 0 radical (unpaired) electrons. The lowest BCUT2D eigenvalue weighted by molar-refractivity contribution is -0.117. The molecule has 0 aromatic heterocycles. The topological polar surface area (TPSA) is 9.23 Å². The molecule has 2 aliphatic rings. The Morgan fingerprint density at radius 3 is 2.38 bits per heavy atom. The van der Waals surface area contributed by atoms with E-state index in [1.807, 2.05) is 0 Å². The molecule has 1 spiro atoms. The van der Waals surface area contributed by atoms with E-state index >= 15 is 0 Å². The monoisotopic (exact) mass is 224 g/mol. The molecule has 2 rings (SSSR count). The van der Waals surface area contributed by atoms with Crippen LogP contribution in [0.25, 0.3) is 0 Å². The van der Waals surface area contributed by atoms with Crippen LogP contribution in [-0.4, -0.2) is 12.2 Å². The minimum absolute atomic E-state index is 0.228. The number of ether oxygens (including phenoxy) is 1. The van der Waals surface area contributed by atoms with Crippen molar-refractivity contribution < 1.29 is 4.74 Å². The molecule has 2 fully saturated rings. The predicted molar refractivity (Wildman–Crippen MR) is 68.5 cm³/mol. The first-order chi connectivity index (χ1) is 7.41. The summed E-state index contributed by atoms with van der Waals surface area (Å²) >= 11 is 0. The SMILES string of the molecule is CC1CCC2(CC(C)CCO2)CC(C)(C)C1. The number of hydrogen-bond acceptors (Lipinski definition) is 1. The fourth-order valence-electron chi connectivity index (χ4n) is 4.16. The second-order valence-electron chi connectivity index (χ2n) is 7.32. The van der Waals surface area contributed by atoms with Gasteiger partial charge in [0.2, 0.25) is 0 Å². The zero-order valence-electron chi connectivity index (χ0n) is 11.5. The van der Waals surface area contributed by atoms with Gasteiger partial charge in [-0.15, -0.1) is 0 Å². The maximum atomic E-state index is 6.24. The molecule has 1 aliphatic heterocycles. The molecule has 1 nitrogen and oxygen atoms in total. The molecule has 1 aliphatic carbocycles. The highest BCUT2D eigenvalue weighted by atomic mass is 16.5. The van der Waals surface area contributed by atoms with Gasteiger partial charge in [-0.1, -0.05) is 27.7 Å². The summed E-state index contributed by atoms with van der Waals surface area (Å²) in [6, 6.07) is 0. The van der Waals surface area contributed by atoms with Crippen LogP contribution in [0.15, 0.2) is 0 Å². The van der Waals surface area contributed by atoms with Crippen LogP contribution in [0, 0.1) is 17.3 Å². The van der Waals surface area contributed by atoms with Crippen molar-refractivity contribution in [1.82, 2.24) is 0 Å². The van der Waals surface area contributed by atoms with Crippen LogP contribution in [0.3, 0.4) is 0 Å². The molecule has 0 amide bonds. The van der Waals surface area contributed by atoms with Crippen molar-refractivity contribution in [2.45, 2.75) is 71.8 Å². The summed E-state index contributed by atoms with van der Waals surface area (Å²) in [7, 11) is 0. The summed E-state index contributed by atoms with van der Waals surface area (Å²) in [5, 5.41) is 0. The zero-order chi connectivity index (χ0) is 11.8. The van der Waals surface area contributed by atoms with Crippen LogP contribution in [0.2, 0.25) is 0 Å². The third-order valence-electron chi connectivity index (χ3n) is 4.53. The third kappa shape index (κ3) is 2.80. The van der Waals surface area contributed by atoms with Gasteiger partial charge in [0.05, 0.1) is 5.60 Å². The molecule has 1 saturated heterocycles.